The topological polar surface area (TPSA) is 30.9 Å². The molecule has 9 aromatic carbocycles. The van der Waals surface area contributed by atoms with Gasteiger partial charge in [0.1, 0.15) is 0 Å². The highest BCUT2D eigenvalue weighted by molar-refractivity contribution is 6.25. The number of benzene rings is 9. The van der Waals surface area contributed by atoms with Crippen LogP contribution >= 0.6 is 0 Å². The lowest BCUT2D eigenvalue weighted by Gasteiger charge is -2.24. The molecule has 1 aliphatic carbocycles. The van der Waals surface area contributed by atoms with Crippen LogP contribution < -0.4 is 5.73 Å². The fraction of sp³-hybridized carbons (Fsp3) is 0. The Morgan fingerprint density at radius 1 is 0.333 bits per heavy atom. The molecule has 0 spiro atoms. The summed E-state index contributed by atoms with van der Waals surface area (Å²) >= 11 is 0. The summed E-state index contributed by atoms with van der Waals surface area (Å²) in [6.45, 7) is 0. The fourth-order valence-corrected chi connectivity index (χ4v) is 9.00. The maximum Gasteiger partial charge on any atom is 0.0541 e. The first-order chi connectivity index (χ1) is 26.7. The fourth-order valence-electron chi connectivity index (χ4n) is 9.00. The zero-order valence-electron chi connectivity index (χ0n) is 29.5. The summed E-state index contributed by atoms with van der Waals surface area (Å²) < 4.78 is 2.36. The van der Waals surface area contributed by atoms with Gasteiger partial charge in [-0.15, -0.1) is 0 Å². The van der Waals surface area contributed by atoms with Crippen molar-refractivity contribution in [2.24, 2.45) is 0 Å². The van der Waals surface area contributed by atoms with Gasteiger partial charge in [0.05, 0.1) is 11.0 Å². The van der Waals surface area contributed by atoms with Crippen LogP contribution in [0.5, 0.6) is 0 Å². The molecule has 1 aliphatic rings. The van der Waals surface area contributed by atoms with Crippen molar-refractivity contribution in [2.75, 3.05) is 5.73 Å². The highest BCUT2D eigenvalue weighted by atomic mass is 15.0. The summed E-state index contributed by atoms with van der Waals surface area (Å²) in [5.41, 5.74) is 25.9. The van der Waals surface area contributed by atoms with Crippen molar-refractivity contribution in [2.45, 2.75) is 0 Å². The minimum atomic E-state index is 0.798. The molecule has 0 bridgehead atoms. The van der Waals surface area contributed by atoms with Gasteiger partial charge >= 0.3 is 0 Å². The molecular weight excluding hydrogens is 653 g/mol. The summed E-state index contributed by atoms with van der Waals surface area (Å²) in [7, 11) is 0. The van der Waals surface area contributed by atoms with Crippen molar-refractivity contribution in [3.63, 3.8) is 0 Å². The number of nitrogens with two attached hydrogens (primary N) is 1. The standard InChI is InChI=1S/C52H34N2/c53-52-48(37-28-26-33(27-29-37)38-30-31-45-43(32-38)40-22-10-11-25-44(40)54(45)39-20-8-3-9-21-39)47(35-14-4-1-5-15-35)50-41-23-12-18-34-19-13-24-42(46(34)41)51(50)49(52)36-16-6-2-7-17-36/h1-32H,53H2. The number of fused-ring (bicyclic) bond motifs is 6. The molecule has 0 unspecified atom stereocenters. The summed E-state index contributed by atoms with van der Waals surface area (Å²) in [6, 6.07) is 70.0. The van der Waals surface area contributed by atoms with E-state index in [9.17, 15) is 0 Å². The van der Waals surface area contributed by atoms with E-state index < -0.39 is 0 Å². The van der Waals surface area contributed by atoms with Crippen LogP contribution in [0.25, 0.3) is 105 Å². The van der Waals surface area contributed by atoms with Crippen LogP contribution in [-0.2, 0) is 0 Å². The van der Waals surface area contributed by atoms with E-state index >= 15 is 0 Å². The average Bonchev–Trinajstić information content (AvgIpc) is 3.75. The van der Waals surface area contributed by atoms with Gasteiger partial charge in [-0.1, -0.05) is 164 Å². The Bertz CT molecular complexity index is 3060. The third-order valence-corrected chi connectivity index (χ3v) is 11.3. The van der Waals surface area contributed by atoms with E-state index in [1.54, 1.807) is 0 Å². The lowest BCUT2D eigenvalue weighted by molar-refractivity contribution is 1.18. The quantitative estimate of drug-likeness (QED) is 0.180. The number of rotatable bonds is 5. The number of hydrogen-bond donors (Lipinski definition) is 1. The molecule has 2 heteroatoms. The molecule has 0 radical (unpaired) electrons. The molecule has 0 amide bonds. The molecule has 1 heterocycles. The maximum absolute atomic E-state index is 7.53. The Balaban J connectivity index is 1.14. The Kier molecular flexibility index (Phi) is 6.74. The molecule has 2 nitrogen and oxygen atoms in total. The van der Waals surface area contributed by atoms with E-state index in [2.05, 4.69) is 199 Å². The SMILES string of the molecule is Nc1c(-c2ccc(-c3ccc4c(c3)c3ccccc3n4-c3ccccc3)cc2)c(-c2ccccc2)c2c(c1-c1ccccc1)-c1cccc3cccc-2c13. The number of nitrogens with zero attached hydrogens (tertiary/aromatic N) is 1. The van der Waals surface area contributed by atoms with Gasteiger partial charge in [0, 0.05) is 44.4 Å². The summed E-state index contributed by atoms with van der Waals surface area (Å²) in [6.07, 6.45) is 0. The molecule has 0 saturated carbocycles. The van der Waals surface area contributed by atoms with Crippen LogP contribution in [0.2, 0.25) is 0 Å². The summed E-state index contributed by atoms with van der Waals surface area (Å²) in [5, 5.41) is 5.03. The van der Waals surface area contributed by atoms with Crippen LogP contribution in [-0.4, -0.2) is 4.57 Å². The van der Waals surface area contributed by atoms with Gasteiger partial charge in [-0.25, -0.2) is 0 Å². The van der Waals surface area contributed by atoms with Crippen molar-refractivity contribution in [3.8, 4) is 72.4 Å². The molecule has 2 N–H and O–H groups in total. The van der Waals surface area contributed by atoms with E-state index in [1.165, 1.54) is 71.5 Å². The highest BCUT2D eigenvalue weighted by Crippen LogP contribution is 2.59. The first-order valence-electron chi connectivity index (χ1n) is 18.6. The zero-order chi connectivity index (χ0) is 35.8. The van der Waals surface area contributed by atoms with Crippen LogP contribution in [0.15, 0.2) is 194 Å². The lowest BCUT2D eigenvalue weighted by atomic mass is 9.80. The van der Waals surface area contributed by atoms with Gasteiger partial charge in [-0.05, 0) is 85.6 Å². The van der Waals surface area contributed by atoms with Gasteiger partial charge in [-0.3, -0.25) is 0 Å². The van der Waals surface area contributed by atoms with Crippen molar-refractivity contribution in [1.82, 2.24) is 4.57 Å². The van der Waals surface area contributed by atoms with Gasteiger partial charge < -0.3 is 10.3 Å². The number of nitrogen functional groups attached to an aromatic ring is 1. The van der Waals surface area contributed by atoms with Gasteiger partial charge in [0.15, 0.2) is 0 Å². The highest BCUT2D eigenvalue weighted by Gasteiger charge is 2.32. The minimum absolute atomic E-state index is 0.798. The minimum Gasteiger partial charge on any atom is -0.398 e. The Labute approximate surface area is 314 Å². The van der Waals surface area contributed by atoms with Crippen LogP contribution in [0.1, 0.15) is 0 Å². The Morgan fingerprint density at radius 3 is 1.52 bits per heavy atom. The normalized spacial score (nSPS) is 11.8. The number of anilines is 1. The molecule has 252 valence electrons. The van der Waals surface area contributed by atoms with E-state index in [-0.39, 0.29) is 0 Å². The van der Waals surface area contributed by atoms with Crippen molar-refractivity contribution >= 4 is 38.3 Å². The summed E-state index contributed by atoms with van der Waals surface area (Å²) in [4.78, 5) is 0. The summed E-state index contributed by atoms with van der Waals surface area (Å²) in [5.74, 6) is 0. The first-order valence-corrected chi connectivity index (χ1v) is 18.6. The molecule has 0 saturated heterocycles. The van der Waals surface area contributed by atoms with E-state index in [1.807, 2.05) is 0 Å². The third kappa shape index (κ3) is 4.47. The molecule has 0 atom stereocenters. The van der Waals surface area contributed by atoms with E-state index in [0.717, 1.165) is 39.2 Å². The van der Waals surface area contributed by atoms with Gasteiger partial charge in [-0.2, -0.15) is 0 Å². The third-order valence-electron chi connectivity index (χ3n) is 11.3. The number of hydrogen-bond acceptors (Lipinski definition) is 1. The second kappa shape index (κ2) is 11.9. The van der Waals surface area contributed by atoms with Crippen molar-refractivity contribution < 1.29 is 0 Å². The molecule has 0 fully saturated rings. The van der Waals surface area contributed by atoms with Crippen molar-refractivity contribution in [1.29, 1.82) is 0 Å². The molecule has 54 heavy (non-hydrogen) atoms. The smallest absolute Gasteiger partial charge is 0.0541 e. The van der Waals surface area contributed by atoms with Gasteiger partial charge in [0.2, 0.25) is 0 Å². The lowest BCUT2D eigenvalue weighted by Crippen LogP contribution is -2.01. The average molecular weight is 687 g/mol. The van der Waals surface area contributed by atoms with Crippen LogP contribution in [0.4, 0.5) is 5.69 Å². The predicted molar refractivity (Wildman–Crippen MR) is 229 cm³/mol. The zero-order valence-corrected chi connectivity index (χ0v) is 29.5. The molecule has 1 aromatic heterocycles. The second-order valence-corrected chi connectivity index (χ2v) is 14.2. The van der Waals surface area contributed by atoms with E-state index in [4.69, 9.17) is 5.73 Å². The van der Waals surface area contributed by atoms with Gasteiger partial charge in [0.25, 0.3) is 0 Å². The Hall–Kier alpha value is -7.16. The van der Waals surface area contributed by atoms with Crippen LogP contribution in [0, 0.1) is 0 Å². The van der Waals surface area contributed by atoms with Crippen LogP contribution in [0.3, 0.4) is 0 Å². The Morgan fingerprint density at radius 2 is 0.833 bits per heavy atom. The molecule has 11 rings (SSSR count). The maximum atomic E-state index is 7.53. The second-order valence-electron chi connectivity index (χ2n) is 14.2. The van der Waals surface area contributed by atoms with Crippen molar-refractivity contribution in [3.05, 3.63) is 194 Å². The largest absolute Gasteiger partial charge is 0.398 e. The predicted octanol–water partition coefficient (Wildman–Crippen LogP) is 13.8. The molecule has 10 aromatic rings. The number of para-hydroxylation sites is 2. The first kappa shape index (κ1) is 30.5. The van der Waals surface area contributed by atoms with E-state index in [0.29, 0.717) is 0 Å². The number of aromatic nitrogens is 1. The molecular formula is C52H34N2. The molecule has 0 aliphatic heterocycles. The monoisotopic (exact) mass is 686 g/mol.